The fourth-order valence-corrected chi connectivity index (χ4v) is 3.57. The van der Waals surface area contributed by atoms with Gasteiger partial charge in [-0.05, 0) is 26.3 Å². The summed E-state index contributed by atoms with van der Waals surface area (Å²) in [6.45, 7) is 6.30. The minimum Gasteiger partial charge on any atom is -0.298 e. The van der Waals surface area contributed by atoms with Crippen LogP contribution in [0, 0.1) is 0 Å². The van der Waals surface area contributed by atoms with Crippen molar-refractivity contribution in [1.29, 1.82) is 0 Å². The van der Waals surface area contributed by atoms with Crippen LogP contribution in [0.5, 0.6) is 0 Å². The largest absolute Gasteiger partial charge is 0.298 e. The SMILES string of the molecule is CC1CN2CCCCC2CN1CCS(C)(=O)=O. The van der Waals surface area contributed by atoms with Crippen LogP contribution in [0.15, 0.2) is 0 Å². The van der Waals surface area contributed by atoms with Crippen LogP contribution < -0.4 is 0 Å². The Kier molecular flexibility index (Phi) is 4.10. The Morgan fingerprint density at radius 3 is 2.71 bits per heavy atom. The molecule has 100 valence electrons. The highest BCUT2D eigenvalue weighted by molar-refractivity contribution is 7.90. The third-order valence-corrected chi connectivity index (χ3v) is 4.99. The van der Waals surface area contributed by atoms with Gasteiger partial charge in [0.25, 0.3) is 0 Å². The molecule has 0 aromatic rings. The van der Waals surface area contributed by atoms with E-state index in [1.807, 2.05) is 0 Å². The first-order chi connectivity index (χ1) is 7.96. The number of fused-ring (bicyclic) bond motifs is 1. The van der Waals surface area contributed by atoms with Crippen molar-refractivity contribution in [3.05, 3.63) is 0 Å². The Morgan fingerprint density at radius 2 is 2.00 bits per heavy atom. The minimum atomic E-state index is -2.83. The maximum Gasteiger partial charge on any atom is 0.148 e. The van der Waals surface area contributed by atoms with Gasteiger partial charge in [-0.15, -0.1) is 0 Å². The van der Waals surface area contributed by atoms with E-state index >= 15 is 0 Å². The Bertz CT molecular complexity index is 356. The lowest BCUT2D eigenvalue weighted by Crippen LogP contribution is -2.59. The zero-order chi connectivity index (χ0) is 12.5. The Hall–Kier alpha value is -0.130. The molecule has 0 aromatic heterocycles. The van der Waals surface area contributed by atoms with Gasteiger partial charge in [-0.1, -0.05) is 6.42 Å². The average Bonchev–Trinajstić information content (AvgIpc) is 2.25. The number of piperazine rings is 1. The van der Waals surface area contributed by atoms with Gasteiger partial charge in [-0.2, -0.15) is 0 Å². The van der Waals surface area contributed by atoms with Crippen LogP contribution in [0.4, 0.5) is 0 Å². The van der Waals surface area contributed by atoms with Gasteiger partial charge in [0.2, 0.25) is 0 Å². The van der Waals surface area contributed by atoms with E-state index in [1.54, 1.807) is 0 Å². The van der Waals surface area contributed by atoms with Crippen LogP contribution in [0.3, 0.4) is 0 Å². The molecule has 2 atom stereocenters. The number of hydrogen-bond acceptors (Lipinski definition) is 4. The predicted octanol–water partition coefficient (Wildman–Crippen LogP) is 0.590. The molecule has 2 unspecified atom stereocenters. The number of sulfone groups is 1. The molecule has 2 aliphatic heterocycles. The summed E-state index contributed by atoms with van der Waals surface area (Å²) >= 11 is 0. The summed E-state index contributed by atoms with van der Waals surface area (Å²) in [5.74, 6) is 0.296. The van der Waals surface area contributed by atoms with Crippen molar-refractivity contribution in [2.24, 2.45) is 0 Å². The van der Waals surface area contributed by atoms with Crippen LogP contribution in [0.25, 0.3) is 0 Å². The fraction of sp³-hybridized carbons (Fsp3) is 1.00. The van der Waals surface area contributed by atoms with Crippen molar-refractivity contribution in [2.75, 3.05) is 38.2 Å². The van der Waals surface area contributed by atoms with Crippen molar-refractivity contribution in [3.8, 4) is 0 Å². The molecule has 0 N–H and O–H groups in total. The molecule has 17 heavy (non-hydrogen) atoms. The molecule has 5 heteroatoms. The first-order valence-electron chi connectivity index (χ1n) is 6.61. The van der Waals surface area contributed by atoms with E-state index in [2.05, 4.69) is 16.7 Å². The first kappa shape index (κ1) is 13.3. The third-order valence-electron chi connectivity index (χ3n) is 4.07. The highest BCUT2D eigenvalue weighted by Crippen LogP contribution is 2.23. The molecule has 0 saturated carbocycles. The lowest BCUT2D eigenvalue weighted by Gasteiger charge is -2.47. The molecule has 0 amide bonds. The maximum absolute atomic E-state index is 11.2. The summed E-state index contributed by atoms with van der Waals surface area (Å²) in [5, 5.41) is 0. The zero-order valence-corrected chi connectivity index (χ0v) is 11.7. The van der Waals surface area contributed by atoms with Crippen LogP contribution in [-0.4, -0.2) is 68.5 Å². The van der Waals surface area contributed by atoms with E-state index in [-0.39, 0.29) is 0 Å². The quantitative estimate of drug-likeness (QED) is 0.745. The smallest absolute Gasteiger partial charge is 0.148 e. The molecule has 2 rings (SSSR count). The standard InChI is InChI=1S/C12H24N2O2S/c1-11-9-14-6-4-3-5-12(14)10-13(11)7-8-17(2,15)16/h11-12H,3-10H2,1-2H3. The fourth-order valence-electron chi connectivity index (χ4n) is 3.01. The van der Waals surface area contributed by atoms with Crippen LogP contribution >= 0.6 is 0 Å². The van der Waals surface area contributed by atoms with Crippen LogP contribution in [0.2, 0.25) is 0 Å². The Labute approximate surface area is 105 Å². The molecular formula is C12H24N2O2S. The monoisotopic (exact) mass is 260 g/mol. The summed E-state index contributed by atoms with van der Waals surface area (Å²) in [6.07, 6.45) is 5.26. The second kappa shape index (κ2) is 5.24. The molecular weight excluding hydrogens is 236 g/mol. The molecule has 0 radical (unpaired) electrons. The molecule has 2 aliphatic rings. The van der Waals surface area contributed by atoms with Gasteiger partial charge in [0.15, 0.2) is 0 Å². The normalized spacial score (nSPS) is 32.4. The third kappa shape index (κ3) is 3.66. The summed E-state index contributed by atoms with van der Waals surface area (Å²) in [6, 6.07) is 1.16. The van der Waals surface area contributed by atoms with Gasteiger partial charge in [0, 0.05) is 38.0 Å². The lowest BCUT2D eigenvalue weighted by molar-refractivity contribution is 0.0186. The van der Waals surface area contributed by atoms with Crippen molar-refractivity contribution in [2.45, 2.75) is 38.3 Å². The van der Waals surface area contributed by atoms with Gasteiger partial charge in [0.1, 0.15) is 9.84 Å². The highest BCUT2D eigenvalue weighted by atomic mass is 32.2. The van der Waals surface area contributed by atoms with Gasteiger partial charge < -0.3 is 0 Å². The summed E-state index contributed by atoms with van der Waals surface area (Å²) in [5.41, 5.74) is 0. The molecule has 0 aliphatic carbocycles. The molecule has 2 heterocycles. The zero-order valence-electron chi connectivity index (χ0n) is 10.9. The number of hydrogen-bond donors (Lipinski definition) is 0. The first-order valence-corrected chi connectivity index (χ1v) is 8.67. The second-order valence-corrected chi connectivity index (χ2v) is 7.88. The van der Waals surface area contributed by atoms with E-state index in [0.29, 0.717) is 24.4 Å². The van der Waals surface area contributed by atoms with E-state index in [1.165, 1.54) is 32.1 Å². The minimum absolute atomic E-state index is 0.296. The average molecular weight is 260 g/mol. The highest BCUT2D eigenvalue weighted by Gasteiger charge is 2.32. The topological polar surface area (TPSA) is 40.6 Å². The van der Waals surface area contributed by atoms with Gasteiger partial charge in [-0.25, -0.2) is 8.42 Å². The van der Waals surface area contributed by atoms with Gasteiger partial charge in [0.05, 0.1) is 5.75 Å². The van der Waals surface area contributed by atoms with E-state index < -0.39 is 9.84 Å². The van der Waals surface area contributed by atoms with Crippen molar-refractivity contribution in [3.63, 3.8) is 0 Å². The van der Waals surface area contributed by atoms with Crippen molar-refractivity contribution in [1.82, 2.24) is 9.80 Å². The van der Waals surface area contributed by atoms with Crippen LogP contribution in [0.1, 0.15) is 26.2 Å². The number of rotatable bonds is 3. The van der Waals surface area contributed by atoms with E-state index in [0.717, 1.165) is 13.1 Å². The summed E-state index contributed by atoms with van der Waals surface area (Å²) in [7, 11) is -2.83. The molecule has 2 fully saturated rings. The Balaban J connectivity index is 1.90. The van der Waals surface area contributed by atoms with Crippen molar-refractivity contribution < 1.29 is 8.42 Å². The molecule has 0 bridgehead atoms. The Morgan fingerprint density at radius 1 is 1.24 bits per heavy atom. The summed E-state index contributed by atoms with van der Waals surface area (Å²) < 4.78 is 22.5. The second-order valence-electron chi connectivity index (χ2n) is 5.62. The molecule has 0 aromatic carbocycles. The van der Waals surface area contributed by atoms with E-state index in [9.17, 15) is 8.42 Å². The maximum atomic E-state index is 11.2. The molecule has 2 saturated heterocycles. The summed E-state index contributed by atoms with van der Waals surface area (Å²) in [4.78, 5) is 4.94. The molecule has 0 spiro atoms. The molecule has 4 nitrogen and oxygen atoms in total. The number of nitrogens with zero attached hydrogens (tertiary/aromatic N) is 2. The van der Waals surface area contributed by atoms with Gasteiger partial charge in [-0.3, -0.25) is 9.80 Å². The van der Waals surface area contributed by atoms with Crippen LogP contribution in [-0.2, 0) is 9.84 Å². The van der Waals surface area contributed by atoms with E-state index in [4.69, 9.17) is 0 Å². The van der Waals surface area contributed by atoms with Gasteiger partial charge >= 0.3 is 0 Å². The van der Waals surface area contributed by atoms with Crippen molar-refractivity contribution >= 4 is 9.84 Å². The predicted molar refractivity (Wildman–Crippen MR) is 70.0 cm³/mol. The number of piperidine rings is 1. The lowest BCUT2D eigenvalue weighted by atomic mass is 9.97.